The molecule has 0 aliphatic heterocycles. The monoisotopic (exact) mass is 266 g/mol. The molecule has 1 rings (SSSR count). The SMILES string of the molecule is CCOC(=O)COC(=O)c1ccccc1C(=O)OC. The lowest BCUT2D eigenvalue weighted by Gasteiger charge is -2.07. The first kappa shape index (κ1) is 14.7. The van der Waals surface area contributed by atoms with E-state index >= 15 is 0 Å². The van der Waals surface area contributed by atoms with Crippen molar-refractivity contribution in [1.29, 1.82) is 0 Å². The van der Waals surface area contributed by atoms with Crippen molar-refractivity contribution >= 4 is 17.9 Å². The zero-order valence-corrected chi connectivity index (χ0v) is 10.7. The molecule has 0 aromatic heterocycles. The van der Waals surface area contributed by atoms with Crippen LogP contribution in [-0.2, 0) is 19.0 Å². The highest BCUT2D eigenvalue weighted by molar-refractivity contribution is 6.03. The second-order valence-electron chi connectivity index (χ2n) is 3.42. The van der Waals surface area contributed by atoms with Gasteiger partial charge in [-0.3, -0.25) is 0 Å². The van der Waals surface area contributed by atoms with Crippen molar-refractivity contribution in [3.63, 3.8) is 0 Å². The Morgan fingerprint density at radius 1 is 1.00 bits per heavy atom. The number of benzene rings is 1. The van der Waals surface area contributed by atoms with E-state index in [1.807, 2.05) is 0 Å². The molecule has 6 nitrogen and oxygen atoms in total. The number of carbonyl (C=O) groups is 3. The maximum Gasteiger partial charge on any atom is 0.344 e. The first-order valence-electron chi connectivity index (χ1n) is 5.60. The largest absolute Gasteiger partial charge is 0.465 e. The normalized spacial score (nSPS) is 9.58. The van der Waals surface area contributed by atoms with Crippen LogP contribution in [0.5, 0.6) is 0 Å². The molecule has 0 saturated heterocycles. The number of methoxy groups -OCH3 is 1. The summed E-state index contributed by atoms with van der Waals surface area (Å²) in [6.07, 6.45) is 0. The smallest absolute Gasteiger partial charge is 0.344 e. The molecule has 0 bridgehead atoms. The number of ether oxygens (including phenoxy) is 3. The molecule has 0 aliphatic carbocycles. The van der Waals surface area contributed by atoms with Crippen molar-refractivity contribution in [2.75, 3.05) is 20.3 Å². The van der Waals surface area contributed by atoms with Gasteiger partial charge in [0.05, 0.1) is 24.8 Å². The average Bonchev–Trinajstić information content (AvgIpc) is 2.44. The summed E-state index contributed by atoms with van der Waals surface area (Å²) in [4.78, 5) is 34.3. The van der Waals surface area contributed by atoms with E-state index in [0.717, 1.165) is 0 Å². The predicted octanol–water partition coefficient (Wildman–Crippen LogP) is 1.19. The molecule has 0 radical (unpaired) electrons. The number of hydrogen-bond acceptors (Lipinski definition) is 6. The van der Waals surface area contributed by atoms with Crippen molar-refractivity contribution < 1.29 is 28.6 Å². The van der Waals surface area contributed by atoms with Crippen LogP contribution in [0.15, 0.2) is 24.3 Å². The Hall–Kier alpha value is -2.37. The molecule has 0 atom stereocenters. The number of carbonyl (C=O) groups excluding carboxylic acids is 3. The highest BCUT2D eigenvalue weighted by Crippen LogP contribution is 2.11. The van der Waals surface area contributed by atoms with Crippen molar-refractivity contribution in [1.82, 2.24) is 0 Å². The number of esters is 3. The molecule has 0 saturated carbocycles. The van der Waals surface area contributed by atoms with Crippen molar-refractivity contribution in [3.8, 4) is 0 Å². The van der Waals surface area contributed by atoms with Crippen LogP contribution >= 0.6 is 0 Å². The highest BCUT2D eigenvalue weighted by atomic mass is 16.6. The first-order valence-corrected chi connectivity index (χ1v) is 5.60. The molecule has 6 heteroatoms. The van der Waals surface area contributed by atoms with E-state index in [2.05, 4.69) is 9.47 Å². The van der Waals surface area contributed by atoms with Crippen LogP contribution in [0.4, 0.5) is 0 Å². The molecular weight excluding hydrogens is 252 g/mol. The molecule has 0 heterocycles. The Morgan fingerprint density at radius 3 is 2.11 bits per heavy atom. The van der Waals surface area contributed by atoms with Gasteiger partial charge in [0.1, 0.15) is 0 Å². The quantitative estimate of drug-likeness (QED) is 0.588. The van der Waals surface area contributed by atoms with Gasteiger partial charge in [-0.2, -0.15) is 0 Å². The third-order valence-electron chi connectivity index (χ3n) is 2.18. The van der Waals surface area contributed by atoms with Crippen LogP contribution in [0.2, 0.25) is 0 Å². The lowest BCUT2D eigenvalue weighted by molar-refractivity contribution is -0.146. The lowest BCUT2D eigenvalue weighted by atomic mass is 10.1. The second-order valence-corrected chi connectivity index (χ2v) is 3.42. The summed E-state index contributed by atoms with van der Waals surface area (Å²) in [5.41, 5.74) is 0.123. The van der Waals surface area contributed by atoms with Crippen LogP contribution in [0, 0.1) is 0 Å². The summed E-state index contributed by atoms with van der Waals surface area (Å²) in [5, 5.41) is 0. The fraction of sp³-hybridized carbons (Fsp3) is 0.308. The molecule has 0 spiro atoms. The van der Waals surface area contributed by atoms with Crippen LogP contribution in [0.3, 0.4) is 0 Å². The van der Waals surface area contributed by atoms with Gasteiger partial charge in [0.15, 0.2) is 6.61 Å². The Labute approximate surface area is 110 Å². The van der Waals surface area contributed by atoms with E-state index in [4.69, 9.17) is 4.74 Å². The molecule has 102 valence electrons. The van der Waals surface area contributed by atoms with Gasteiger partial charge in [-0.1, -0.05) is 12.1 Å². The fourth-order valence-corrected chi connectivity index (χ4v) is 1.35. The third kappa shape index (κ3) is 4.09. The Kier molecular flexibility index (Phi) is 5.53. The summed E-state index contributed by atoms with van der Waals surface area (Å²) in [6, 6.07) is 6.02. The standard InChI is InChI=1S/C13H14O6/c1-3-18-11(14)8-19-13(16)10-7-5-4-6-9(10)12(15)17-2/h4-7H,3,8H2,1-2H3. The molecular formula is C13H14O6. The van der Waals surface area contributed by atoms with Crippen LogP contribution in [0.1, 0.15) is 27.6 Å². The topological polar surface area (TPSA) is 78.9 Å². The van der Waals surface area contributed by atoms with Crippen molar-refractivity contribution in [2.24, 2.45) is 0 Å². The van der Waals surface area contributed by atoms with E-state index in [9.17, 15) is 14.4 Å². The van der Waals surface area contributed by atoms with E-state index < -0.39 is 24.5 Å². The third-order valence-corrected chi connectivity index (χ3v) is 2.18. The molecule has 19 heavy (non-hydrogen) atoms. The predicted molar refractivity (Wildman–Crippen MR) is 64.7 cm³/mol. The minimum Gasteiger partial charge on any atom is -0.465 e. The number of hydrogen-bond donors (Lipinski definition) is 0. The molecule has 0 unspecified atom stereocenters. The van der Waals surface area contributed by atoms with Gasteiger partial charge in [0, 0.05) is 0 Å². The Balaban J connectivity index is 2.77. The first-order chi connectivity index (χ1) is 9.10. The van der Waals surface area contributed by atoms with E-state index in [1.54, 1.807) is 19.1 Å². The Morgan fingerprint density at radius 2 is 1.58 bits per heavy atom. The van der Waals surface area contributed by atoms with E-state index in [0.29, 0.717) is 0 Å². The number of rotatable bonds is 5. The Bertz CT molecular complexity index is 480. The second kappa shape index (κ2) is 7.15. The van der Waals surface area contributed by atoms with Gasteiger partial charge < -0.3 is 14.2 Å². The van der Waals surface area contributed by atoms with Crippen LogP contribution in [-0.4, -0.2) is 38.2 Å². The van der Waals surface area contributed by atoms with Crippen molar-refractivity contribution in [2.45, 2.75) is 6.92 Å². The molecule has 0 aliphatic rings. The van der Waals surface area contributed by atoms with E-state index in [-0.39, 0.29) is 17.7 Å². The molecule has 0 N–H and O–H groups in total. The fourth-order valence-electron chi connectivity index (χ4n) is 1.35. The zero-order valence-electron chi connectivity index (χ0n) is 10.7. The summed E-state index contributed by atoms with van der Waals surface area (Å²) >= 11 is 0. The highest BCUT2D eigenvalue weighted by Gasteiger charge is 2.19. The summed E-state index contributed by atoms with van der Waals surface area (Å²) in [6.45, 7) is 1.35. The molecule has 1 aromatic rings. The van der Waals surface area contributed by atoms with Gasteiger partial charge >= 0.3 is 17.9 Å². The maximum absolute atomic E-state index is 11.8. The van der Waals surface area contributed by atoms with E-state index in [1.165, 1.54) is 19.2 Å². The zero-order chi connectivity index (χ0) is 14.3. The van der Waals surface area contributed by atoms with Gasteiger partial charge in [-0.05, 0) is 19.1 Å². The summed E-state index contributed by atoms with van der Waals surface area (Å²) in [7, 11) is 1.21. The maximum atomic E-state index is 11.8. The molecule has 0 amide bonds. The molecule has 0 fully saturated rings. The summed E-state index contributed by atoms with van der Waals surface area (Å²) < 4.78 is 13.9. The average molecular weight is 266 g/mol. The van der Waals surface area contributed by atoms with Gasteiger partial charge in [0.2, 0.25) is 0 Å². The minimum absolute atomic E-state index is 0.0404. The minimum atomic E-state index is -0.783. The van der Waals surface area contributed by atoms with Crippen LogP contribution in [0.25, 0.3) is 0 Å². The van der Waals surface area contributed by atoms with Crippen LogP contribution < -0.4 is 0 Å². The summed E-state index contributed by atoms with van der Waals surface area (Å²) in [5.74, 6) is -2.08. The van der Waals surface area contributed by atoms with Gasteiger partial charge in [-0.15, -0.1) is 0 Å². The lowest BCUT2D eigenvalue weighted by Crippen LogP contribution is -2.18. The van der Waals surface area contributed by atoms with Gasteiger partial charge in [-0.25, -0.2) is 14.4 Å². The van der Waals surface area contributed by atoms with Crippen molar-refractivity contribution in [3.05, 3.63) is 35.4 Å². The molecule has 1 aromatic carbocycles. The van der Waals surface area contributed by atoms with Gasteiger partial charge in [0.25, 0.3) is 0 Å².